The summed E-state index contributed by atoms with van der Waals surface area (Å²) in [6.07, 6.45) is 1.61. The molecule has 5 heteroatoms. The summed E-state index contributed by atoms with van der Waals surface area (Å²) in [7, 11) is 1.63. The third-order valence-corrected chi connectivity index (χ3v) is 3.85. The molecule has 1 amide bonds. The molecule has 98 valence electrons. The molecule has 4 nitrogen and oxygen atoms in total. The molecule has 0 heterocycles. The molecule has 1 aliphatic carbocycles. The van der Waals surface area contributed by atoms with Gasteiger partial charge in [0.1, 0.15) is 5.75 Å². The maximum absolute atomic E-state index is 11.7. The third-order valence-electron chi connectivity index (χ3n) is 3.23. The van der Waals surface area contributed by atoms with Crippen LogP contribution in [0, 0.1) is 5.92 Å². The number of rotatable bonds is 4. The van der Waals surface area contributed by atoms with Gasteiger partial charge in [-0.2, -0.15) is 0 Å². The Labute approximate surface area is 115 Å². The highest BCUT2D eigenvalue weighted by Gasteiger charge is 2.31. The molecule has 0 aromatic heterocycles. The van der Waals surface area contributed by atoms with Crippen molar-refractivity contribution in [1.82, 2.24) is 5.32 Å². The van der Waals surface area contributed by atoms with Crippen molar-refractivity contribution in [1.29, 1.82) is 0 Å². The Kier molecular flexibility index (Phi) is 4.24. The molecule has 0 aliphatic heterocycles. The second kappa shape index (κ2) is 5.71. The van der Waals surface area contributed by atoms with Crippen molar-refractivity contribution in [3.8, 4) is 5.75 Å². The lowest BCUT2D eigenvalue weighted by molar-refractivity contribution is -0.128. The van der Waals surface area contributed by atoms with Crippen molar-refractivity contribution in [2.75, 3.05) is 7.11 Å². The lowest BCUT2D eigenvalue weighted by atomic mass is 9.80. The number of hydrogen-bond acceptors (Lipinski definition) is 3. The van der Waals surface area contributed by atoms with Gasteiger partial charge in [0.05, 0.1) is 11.6 Å². The minimum atomic E-state index is 0.0988. The monoisotopic (exact) mass is 312 g/mol. The summed E-state index contributed by atoms with van der Waals surface area (Å²) in [6, 6.07) is 5.98. The van der Waals surface area contributed by atoms with Crippen molar-refractivity contribution in [3.63, 3.8) is 0 Å². The van der Waals surface area contributed by atoms with E-state index in [0.717, 1.165) is 28.6 Å². The lowest BCUT2D eigenvalue weighted by Crippen LogP contribution is -2.44. The number of carbonyl (C=O) groups is 1. The predicted molar refractivity (Wildman–Crippen MR) is 73.2 cm³/mol. The Hall–Kier alpha value is -1.07. The SMILES string of the molecule is COc1ccc(CNC(=O)C2CC(N)C2)cc1Br. The van der Waals surface area contributed by atoms with E-state index in [1.165, 1.54) is 0 Å². The summed E-state index contributed by atoms with van der Waals surface area (Å²) < 4.78 is 6.05. The van der Waals surface area contributed by atoms with Crippen LogP contribution in [0.25, 0.3) is 0 Å². The Bertz CT molecular complexity index is 445. The molecule has 0 saturated heterocycles. The molecule has 0 spiro atoms. The summed E-state index contributed by atoms with van der Waals surface area (Å²) >= 11 is 3.42. The number of amides is 1. The highest BCUT2D eigenvalue weighted by Crippen LogP contribution is 2.27. The average Bonchev–Trinajstić information content (AvgIpc) is 2.32. The van der Waals surface area contributed by atoms with Crippen LogP contribution in [0.3, 0.4) is 0 Å². The molecule has 1 aromatic rings. The van der Waals surface area contributed by atoms with Crippen LogP contribution in [0.1, 0.15) is 18.4 Å². The zero-order valence-electron chi connectivity index (χ0n) is 10.3. The first-order valence-corrected chi connectivity index (χ1v) is 6.75. The van der Waals surface area contributed by atoms with Gasteiger partial charge in [-0.3, -0.25) is 4.79 Å². The van der Waals surface area contributed by atoms with Gasteiger partial charge in [-0.1, -0.05) is 6.07 Å². The topological polar surface area (TPSA) is 64.3 Å². The molecule has 3 N–H and O–H groups in total. The van der Waals surface area contributed by atoms with Crippen LogP contribution >= 0.6 is 15.9 Å². The Balaban J connectivity index is 1.86. The van der Waals surface area contributed by atoms with E-state index >= 15 is 0 Å². The zero-order chi connectivity index (χ0) is 13.1. The molecule has 1 saturated carbocycles. The van der Waals surface area contributed by atoms with E-state index in [4.69, 9.17) is 10.5 Å². The quantitative estimate of drug-likeness (QED) is 0.891. The molecule has 0 bridgehead atoms. The second-order valence-corrected chi connectivity index (χ2v) is 5.47. The molecule has 0 radical (unpaired) electrons. The van der Waals surface area contributed by atoms with Crippen LogP contribution in [-0.4, -0.2) is 19.1 Å². The number of ether oxygens (including phenoxy) is 1. The van der Waals surface area contributed by atoms with Gasteiger partial charge in [0.25, 0.3) is 0 Å². The van der Waals surface area contributed by atoms with E-state index in [-0.39, 0.29) is 17.9 Å². The first-order valence-electron chi connectivity index (χ1n) is 5.96. The van der Waals surface area contributed by atoms with Crippen LogP contribution in [0.15, 0.2) is 22.7 Å². The zero-order valence-corrected chi connectivity index (χ0v) is 11.9. The standard InChI is InChI=1S/C13H17BrN2O2/c1-18-12-3-2-8(4-11(12)14)7-16-13(17)9-5-10(15)6-9/h2-4,9-10H,5-7,15H2,1H3,(H,16,17). The van der Waals surface area contributed by atoms with Gasteiger partial charge in [0.15, 0.2) is 0 Å². The van der Waals surface area contributed by atoms with Gasteiger partial charge in [0.2, 0.25) is 5.91 Å². The van der Waals surface area contributed by atoms with Crippen LogP contribution in [0.5, 0.6) is 5.75 Å². The number of halogens is 1. The van der Waals surface area contributed by atoms with Gasteiger partial charge < -0.3 is 15.8 Å². The number of carbonyl (C=O) groups excluding carboxylic acids is 1. The van der Waals surface area contributed by atoms with E-state index < -0.39 is 0 Å². The van der Waals surface area contributed by atoms with Crippen molar-refractivity contribution in [2.24, 2.45) is 11.7 Å². The van der Waals surface area contributed by atoms with Gasteiger partial charge in [-0.25, -0.2) is 0 Å². The average molecular weight is 313 g/mol. The van der Waals surface area contributed by atoms with E-state index in [9.17, 15) is 4.79 Å². The molecule has 2 rings (SSSR count). The first kappa shape index (κ1) is 13.4. The maximum Gasteiger partial charge on any atom is 0.223 e. The summed E-state index contributed by atoms with van der Waals surface area (Å²) in [5.74, 6) is 0.986. The number of hydrogen-bond donors (Lipinski definition) is 2. The molecule has 1 aromatic carbocycles. The van der Waals surface area contributed by atoms with Crippen molar-refractivity contribution in [2.45, 2.75) is 25.4 Å². The minimum absolute atomic E-state index is 0.0988. The number of benzene rings is 1. The van der Waals surface area contributed by atoms with E-state index in [0.29, 0.717) is 6.54 Å². The van der Waals surface area contributed by atoms with Gasteiger partial charge in [0, 0.05) is 18.5 Å². The fourth-order valence-corrected chi connectivity index (χ4v) is 2.62. The number of nitrogens with two attached hydrogens (primary N) is 1. The van der Waals surface area contributed by atoms with Crippen LogP contribution < -0.4 is 15.8 Å². The van der Waals surface area contributed by atoms with Gasteiger partial charge in [-0.15, -0.1) is 0 Å². The van der Waals surface area contributed by atoms with Crippen LogP contribution in [-0.2, 0) is 11.3 Å². The summed E-state index contributed by atoms with van der Waals surface area (Å²) in [6.45, 7) is 0.535. The van der Waals surface area contributed by atoms with Gasteiger partial charge in [-0.05, 0) is 46.5 Å². The fourth-order valence-electron chi connectivity index (χ4n) is 2.03. The molecule has 1 aliphatic rings. The lowest BCUT2D eigenvalue weighted by Gasteiger charge is -2.31. The molecule has 0 atom stereocenters. The Morgan fingerprint density at radius 2 is 2.28 bits per heavy atom. The normalized spacial score (nSPS) is 22.2. The Morgan fingerprint density at radius 3 is 2.83 bits per heavy atom. The summed E-state index contributed by atoms with van der Waals surface area (Å²) in [5, 5.41) is 2.93. The largest absolute Gasteiger partial charge is 0.496 e. The summed E-state index contributed by atoms with van der Waals surface area (Å²) in [4.78, 5) is 11.7. The molecule has 1 fully saturated rings. The Morgan fingerprint density at radius 1 is 1.56 bits per heavy atom. The van der Waals surface area contributed by atoms with E-state index in [1.54, 1.807) is 7.11 Å². The molecular formula is C13H17BrN2O2. The second-order valence-electron chi connectivity index (χ2n) is 4.62. The highest BCUT2D eigenvalue weighted by molar-refractivity contribution is 9.10. The van der Waals surface area contributed by atoms with Crippen molar-refractivity contribution >= 4 is 21.8 Å². The van der Waals surface area contributed by atoms with Crippen LogP contribution in [0.2, 0.25) is 0 Å². The maximum atomic E-state index is 11.7. The third kappa shape index (κ3) is 3.03. The van der Waals surface area contributed by atoms with Crippen molar-refractivity contribution in [3.05, 3.63) is 28.2 Å². The molecule has 0 unspecified atom stereocenters. The van der Waals surface area contributed by atoms with Gasteiger partial charge >= 0.3 is 0 Å². The fraction of sp³-hybridized carbons (Fsp3) is 0.462. The predicted octanol–water partition coefficient (Wildman–Crippen LogP) is 1.81. The summed E-state index contributed by atoms with van der Waals surface area (Å²) in [5.41, 5.74) is 6.71. The highest BCUT2D eigenvalue weighted by atomic mass is 79.9. The van der Waals surface area contributed by atoms with Crippen LogP contribution in [0.4, 0.5) is 0 Å². The molecular weight excluding hydrogens is 296 g/mol. The van der Waals surface area contributed by atoms with E-state index in [1.807, 2.05) is 18.2 Å². The van der Waals surface area contributed by atoms with E-state index in [2.05, 4.69) is 21.2 Å². The molecule has 18 heavy (non-hydrogen) atoms. The number of methoxy groups -OCH3 is 1. The number of nitrogens with one attached hydrogen (secondary N) is 1. The van der Waals surface area contributed by atoms with Crippen molar-refractivity contribution < 1.29 is 9.53 Å². The first-order chi connectivity index (χ1) is 8.60. The minimum Gasteiger partial charge on any atom is -0.496 e. The smallest absolute Gasteiger partial charge is 0.223 e.